The molecule has 1 atom stereocenters. The summed E-state index contributed by atoms with van der Waals surface area (Å²) in [6.45, 7) is 8.09. The Bertz CT molecular complexity index is 560. The second-order valence-corrected chi connectivity index (χ2v) is 5.72. The summed E-state index contributed by atoms with van der Waals surface area (Å²) in [5.74, 6) is 1.81. The summed E-state index contributed by atoms with van der Waals surface area (Å²) in [5.41, 5.74) is 7.95. The van der Waals surface area contributed by atoms with Crippen LogP contribution in [0.5, 0.6) is 0 Å². The Balaban J connectivity index is 2.66. The van der Waals surface area contributed by atoms with Crippen molar-refractivity contribution in [3.8, 4) is 0 Å². The summed E-state index contributed by atoms with van der Waals surface area (Å²) in [6, 6.07) is 5.89. The summed E-state index contributed by atoms with van der Waals surface area (Å²) in [7, 11) is 0. The molecule has 104 valence electrons. The van der Waals surface area contributed by atoms with E-state index in [1.165, 1.54) is 0 Å². The van der Waals surface area contributed by atoms with Crippen LogP contribution in [0.25, 0.3) is 11.0 Å². The molecule has 0 aliphatic carbocycles. The van der Waals surface area contributed by atoms with E-state index in [0.29, 0.717) is 12.5 Å². The molecule has 4 heteroatoms. The van der Waals surface area contributed by atoms with Gasteiger partial charge in [-0.25, -0.2) is 4.98 Å². The molecule has 1 unspecified atom stereocenters. The average molecular weight is 280 g/mol. The minimum absolute atomic E-state index is 0.273. The van der Waals surface area contributed by atoms with E-state index < -0.39 is 0 Å². The third-order valence-electron chi connectivity index (χ3n) is 3.58. The SMILES string of the molecule is CCCn1c(C(CN)C(C)C)nc2cccc(Cl)c21. The van der Waals surface area contributed by atoms with Gasteiger partial charge in [-0.05, 0) is 24.5 Å². The van der Waals surface area contributed by atoms with E-state index in [1.807, 2.05) is 18.2 Å². The second kappa shape index (κ2) is 5.93. The fourth-order valence-electron chi connectivity index (χ4n) is 2.57. The maximum atomic E-state index is 6.35. The molecule has 0 spiro atoms. The predicted octanol–water partition coefficient (Wildman–Crippen LogP) is 3.80. The van der Waals surface area contributed by atoms with Crippen molar-refractivity contribution in [2.45, 2.75) is 39.7 Å². The van der Waals surface area contributed by atoms with Crippen molar-refractivity contribution in [3.05, 3.63) is 29.0 Å². The number of hydrogen-bond donors (Lipinski definition) is 1. The fourth-order valence-corrected chi connectivity index (χ4v) is 2.84. The van der Waals surface area contributed by atoms with Crippen LogP contribution in [0.15, 0.2) is 18.2 Å². The van der Waals surface area contributed by atoms with E-state index in [2.05, 4.69) is 25.3 Å². The summed E-state index contributed by atoms with van der Waals surface area (Å²) >= 11 is 6.35. The Morgan fingerprint density at radius 1 is 1.37 bits per heavy atom. The molecule has 19 heavy (non-hydrogen) atoms. The van der Waals surface area contributed by atoms with Gasteiger partial charge in [-0.1, -0.05) is 38.4 Å². The van der Waals surface area contributed by atoms with Crippen molar-refractivity contribution >= 4 is 22.6 Å². The number of hydrogen-bond acceptors (Lipinski definition) is 2. The molecular weight excluding hydrogens is 258 g/mol. The van der Waals surface area contributed by atoms with Crippen LogP contribution in [0.4, 0.5) is 0 Å². The van der Waals surface area contributed by atoms with Gasteiger partial charge in [-0.15, -0.1) is 0 Å². The summed E-state index contributed by atoms with van der Waals surface area (Å²) in [6.07, 6.45) is 1.05. The van der Waals surface area contributed by atoms with Crippen LogP contribution in [-0.4, -0.2) is 16.1 Å². The van der Waals surface area contributed by atoms with E-state index >= 15 is 0 Å². The van der Waals surface area contributed by atoms with Gasteiger partial charge in [0.2, 0.25) is 0 Å². The number of para-hydroxylation sites is 1. The van der Waals surface area contributed by atoms with Crippen molar-refractivity contribution in [3.63, 3.8) is 0 Å². The van der Waals surface area contributed by atoms with Crippen LogP contribution in [0.1, 0.15) is 38.9 Å². The molecule has 2 rings (SSSR count). The van der Waals surface area contributed by atoms with Gasteiger partial charge in [0.05, 0.1) is 16.1 Å². The van der Waals surface area contributed by atoms with Gasteiger partial charge >= 0.3 is 0 Å². The topological polar surface area (TPSA) is 43.8 Å². The zero-order chi connectivity index (χ0) is 14.0. The van der Waals surface area contributed by atoms with Gasteiger partial charge in [0.1, 0.15) is 5.82 Å². The van der Waals surface area contributed by atoms with E-state index in [9.17, 15) is 0 Å². The monoisotopic (exact) mass is 279 g/mol. The molecular formula is C15H22ClN3. The van der Waals surface area contributed by atoms with Gasteiger partial charge in [0.15, 0.2) is 0 Å². The molecule has 1 aromatic heterocycles. The van der Waals surface area contributed by atoms with Gasteiger partial charge < -0.3 is 10.3 Å². The third kappa shape index (κ3) is 2.63. The normalized spacial score (nSPS) is 13.4. The molecule has 0 saturated carbocycles. The molecule has 0 aliphatic heterocycles. The van der Waals surface area contributed by atoms with E-state index in [1.54, 1.807) is 0 Å². The van der Waals surface area contributed by atoms with Gasteiger partial charge in [-0.2, -0.15) is 0 Å². The molecule has 0 amide bonds. The van der Waals surface area contributed by atoms with Crippen LogP contribution in [-0.2, 0) is 6.54 Å². The number of fused-ring (bicyclic) bond motifs is 1. The van der Waals surface area contributed by atoms with E-state index in [-0.39, 0.29) is 5.92 Å². The molecule has 0 fully saturated rings. The highest BCUT2D eigenvalue weighted by molar-refractivity contribution is 6.35. The van der Waals surface area contributed by atoms with Crippen molar-refractivity contribution in [1.82, 2.24) is 9.55 Å². The molecule has 1 aromatic carbocycles. The number of aromatic nitrogens is 2. The molecule has 3 nitrogen and oxygen atoms in total. The van der Waals surface area contributed by atoms with Crippen LogP contribution in [0.3, 0.4) is 0 Å². The zero-order valence-corrected chi connectivity index (χ0v) is 12.6. The van der Waals surface area contributed by atoms with Crippen LogP contribution < -0.4 is 5.73 Å². The number of nitrogens with two attached hydrogens (primary N) is 1. The van der Waals surface area contributed by atoms with Gasteiger partial charge in [-0.3, -0.25) is 0 Å². The second-order valence-electron chi connectivity index (χ2n) is 5.32. The van der Waals surface area contributed by atoms with Crippen molar-refractivity contribution in [1.29, 1.82) is 0 Å². The highest BCUT2D eigenvalue weighted by Gasteiger charge is 2.22. The summed E-state index contributed by atoms with van der Waals surface area (Å²) < 4.78 is 2.25. The molecule has 0 aliphatic rings. The first-order valence-electron chi connectivity index (χ1n) is 6.94. The first-order valence-corrected chi connectivity index (χ1v) is 7.32. The Hall–Kier alpha value is -1.06. The Kier molecular flexibility index (Phi) is 4.48. The Labute approximate surface area is 119 Å². The lowest BCUT2D eigenvalue weighted by Gasteiger charge is -2.20. The number of nitrogens with zero attached hydrogens (tertiary/aromatic N) is 2. The predicted molar refractivity (Wildman–Crippen MR) is 81.7 cm³/mol. The average Bonchev–Trinajstić information content (AvgIpc) is 2.71. The number of aryl methyl sites for hydroxylation is 1. The third-order valence-corrected chi connectivity index (χ3v) is 3.89. The lowest BCUT2D eigenvalue weighted by molar-refractivity contribution is 0.462. The Morgan fingerprint density at radius 2 is 2.11 bits per heavy atom. The highest BCUT2D eigenvalue weighted by atomic mass is 35.5. The standard InChI is InChI=1S/C15H22ClN3/c1-4-8-19-14-12(16)6-5-7-13(14)18-15(19)11(9-17)10(2)3/h5-7,10-11H,4,8-9,17H2,1-3H3. The molecule has 0 bridgehead atoms. The van der Waals surface area contributed by atoms with Crippen LogP contribution >= 0.6 is 11.6 Å². The molecule has 0 saturated heterocycles. The van der Waals surface area contributed by atoms with Crippen LogP contribution in [0.2, 0.25) is 5.02 Å². The first kappa shape index (κ1) is 14.4. The molecule has 2 N–H and O–H groups in total. The number of halogens is 1. The largest absolute Gasteiger partial charge is 0.330 e. The minimum Gasteiger partial charge on any atom is -0.330 e. The number of rotatable bonds is 5. The molecule has 2 aromatic rings. The number of benzene rings is 1. The highest BCUT2D eigenvalue weighted by Crippen LogP contribution is 2.30. The zero-order valence-electron chi connectivity index (χ0n) is 11.9. The molecule has 0 radical (unpaired) electrons. The maximum Gasteiger partial charge on any atom is 0.114 e. The minimum atomic E-state index is 0.273. The van der Waals surface area contributed by atoms with Gasteiger partial charge in [0.25, 0.3) is 0 Å². The van der Waals surface area contributed by atoms with Crippen molar-refractivity contribution in [2.24, 2.45) is 11.7 Å². The van der Waals surface area contributed by atoms with Crippen LogP contribution in [0, 0.1) is 5.92 Å². The van der Waals surface area contributed by atoms with Crippen molar-refractivity contribution in [2.75, 3.05) is 6.54 Å². The fraction of sp³-hybridized carbons (Fsp3) is 0.533. The smallest absolute Gasteiger partial charge is 0.114 e. The van der Waals surface area contributed by atoms with E-state index in [4.69, 9.17) is 22.3 Å². The molecule has 1 heterocycles. The first-order chi connectivity index (χ1) is 9.10. The Morgan fingerprint density at radius 3 is 2.68 bits per heavy atom. The van der Waals surface area contributed by atoms with Crippen molar-refractivity contribution < 1.29 is 0 Å². The lowest BCUT2D eigenvalue weighted by Crippen LogP contribution is -2.22. The summed E-state index contributed by atoms with van der Waals surface area (Å²) in [5, 5.41) is 0.768. The number of imidazole rings is 1. The lowest BCUT2D eigenvalue weighted by atomic mass is 9.95. The van der Waals surface area contributed by atoms with Gasteiger partial charge in [0, 0.05) is 19.0 Å². The quantitative estimate of drug-likeness (QED) is 0.905. The maximum absolute atomic E-state index is 6.35. The summed E-state index contributed by atoms with van der Waals surface area (Å²) in [4.78, 5) is 4.78. The van der Waals surface area contributed by atoms with E-state index in [0.717, 1.165) is 34.8 Å².